The fraction of sp³-hybridized carbons (Fsp3) is 1.00. The van der Waals surface area contributed by atoms with E-state index in [9.17, 15) is 8.42 Å². The zero-order valence-corrected chi connectivity index (χ0v) is 13.2. The van der Waals surface area contributed by atoms with Gasteiger partial charge in [-0.3, -0.25) is 0 Å². The van der Waals surface area contributed by atoms with Gasteiger partial charge in [0.25, 0.3) is 0 Å². The second-order valence-corrected chi connectivity index (χ2v) is 8.97. The molecule has 2 saturated carbocycles. The lowest BCUT2D eigenvalue weighted by molar-refractivity contribution is 0.129. The van der Waals surface area contributed by atoms with Crippen LogP contribution in [0.25, 0.3) is 0 Å². The van der Waals surface area contributed by atoms with Gasteiger partial charge in [-0.15, -0.1) is 0 Å². The van der Waals surface area contributed by atoms with E-state index in [2.05, 4.69) is 5.32 Å². The van der Waals surface area contributed by atoms with Gasteiger partial charge in [-0.2, -0.15) is 0 Å². The monoisotopic (exact) mass is 287 g/mol. The molecular weight excluding hydrogens is 258 g/mol. The van der Waals surface area contributed by atoms with Crippen LogP contribution in [0, 0.1) is 17.8 Å². The highest BCUT2D eigenvalue weighted by molar-refractivity contribution is 7.91. The Hall–Kier alpha value is -0.0900. The van der Waals surface area contributed by atoms with Gasteiger partial charge in [-0.05, 0) is 57.0 Å². The molecule has 0 saturated heterocycles. The Bertz CT molecular complexity index is 378. The smallest absolute Gasteiger partial charge is 0.150 e. The Kier molecular flexibility index (Phi) is 5.29. The summed E-state index contributed by atoms with van der Waals surface area (Å²) in [6, 6.07) is 0. The Balaban J connectivity index is 2.02. The Morgan fingerprint density at radius 1 is 1.05 bits per heavy atom. The van der Waals surface area contributed by atoms with E-state index in [1.165, 1.54) is 38.4 Å². The summed E-state index contributed by atoms with van der Waals surface area (Å²) >= 11 is 0. The van der Waals surface area contributed by atoms with Gasteiger partial charge in [0.15, 0.2) is 0 Å². The van der Waals surface area contributed by atoms with Crippen LogP contribution < -0.4 is 5.32 Å². The van der Waals surface area contributed by atoms with E-state index in [1.54, 1.807) is 0 Å². The average Bonchev–Trinajstić information content (AvgIpc) is 2.39. The molecule has 4 unspecified atom stereocenters. The summed E-state index contributed by atoms with van der Waals surface area (Å²) in [6.45, 7) is 1.10. The number of hydrogen-bond acceptors (Lipinski definition) is 3. The minimum absolute atomic E-state index is 0.0663. The molecule has 0 aromatic carbocycles. The van der Waals surface area contributed by atoms with Gasteiger partial charge in [0.2, 0.25) is 0 Å². The Morgan fingerprint density at radius 3 is 2.47 bits per heavy atom. The second kappa shape index (κ2) is 6.57. The minimum atomic E-state index is -2.84. The van der Waals surface area contributed by atoms with Gasteiger partial charge in [0, 0.05) is 6.26 Å². The van der Waals surface area contributed by atoms with E-state index in [1.807, 2.05) is 7.05 Å². The van der Waals surface area contributed by atoms with Crippen molar-refractivity contribution in [3.8, 4) is 0 Å². The van der Waals surface area contributed by atoms with Gasteiger partial charge in [-0.25, -0.2) is 8.42 Å². The predicted octanol–water partition coefficient (Wildman–Crippen LogP) is 2.62. The van der Waals surface area contributed by atoms with Gasteiger partial charge >= 0.3 is 0 Å². The summed E-state index contributed by atoms with van der Waals surface area (Å²) in [5.74, 6) is 2.17. The number of nitrogens with one attached hydrogen (secondary N) is 1. The molecule has 2 aliphatic rings. The van der Waals surface area contributed by atoms with Crippen molar-refractivity contribution in [2.45, 2.75) is 56.6 Å². The molecule has 0 bridgehead atoms. The topological polar surface area (TPSA) is 46.2 Å². The molecular formula is C15H29NO2S. The van der Waals surface area contributed by atoms with Crippen LogP contribution in [0.4, 0.5) is 0 Å². The third kappa shape index (κ3) is 3.94. The second-order valence-electron chi connectivity index (χ2n) is 6.64. The lowest BCUT2D eigenvalue weighted by Crippen LogP contribution is -2.37. The first-order chi connectivity index (χ1) is 9.02. The summed E-state index contributed by atoms with van der Waals surface area (Å²) in [7, 11) is -0.809. The lowest BCUT2D eigenvalue weighted by Gasteiger charge is -2.40. The van der Waals surface area contributed by atoms with E-state index in [-0.39, 0.29) is 5.25 Å². The van der Waals surface area contributed by atoms with E-state index >= 15 is 0 Å². The maximum absolute atomic E-state index is 11.8. The summed E-state index contributed by atoms with van der Waals surface area (Å²) in [5.41, 5.74) is 0. The van der Waals surface area contributed by atoms with Crippen molar-refractivity contribution in [1.82, 2.24) is 5.32 Å². The molecule has 0 aromatic rings. The van der Waals surface area contributed by atoms with Crippen molar-refractivity contribution >= 4 is 9.84 Å². The highest BCUT2D eigenvalue weighted by atomic mass is 32.2. The molecule has 4 heteroatoms. The van der Waals surface area contributed by atoms with Crippen molar-refractivity contribution < 1.29 is 8.42 Å². The Morgan fingerprint density at radius 2 is 1.79 bits per heavy atom. The van der Waals surface area contributed by atoms with E-state index < -0.39 is 9.84 Å². The van der Waals surface area contributed by atoms with Crippen molar-refractivity contribution in [2.24, 2.45) is 17.8 Å². The average molecular weight is 287 g/mol. The fourth-order valence-electron chi connectivity index (χ4n) is 4.33. The molecule has 2 fully saturated rings. The number of rotatable bonds is 4. The molecule has 0 aliphatic heterocycles. The van der Waals surface area contributed by atoms with Crippen LogP contribution in [0.2, 0.25) is 0 Å². The molecule has 3 nitrogen and oxygen atoms in total. The summed E-state index contributed by atoms with van der Waals surface area (Å²) < 4.78 is 23.6. The van der Waals surface area contributed by atoms with Crippen molar-refractivity contribution in [3.63, 3.8) is 0 Å². The van der Waals surface area contributed by atoms with Crippen LogP contribution in [0.5, 0.6) is 0 Å². The van der Waals surface area contributed by atoms with Crippen LogP contribution in [0.15, 0.2) is 0 Å². The normalized spacial score (nSPS) is 37.2. The van der Waals surface area contributed by atoms with Crippen molar-refractivity contribution in [3.05, 3.63) is 0 Å². The Labute approximate surface area is 118 Å². The maximum atomic E-state index is 11.8. The number of sulfone groups is 1. The van der Waals surface area contributed by atoms with Crippen LogP contribution >= 0.6 is 0 Å². The molecule has 0 spiro atoms. The summed E-state index contributed by atoms with van der Waals surface area (Å²) in [6.07, 6.45) is 10.9. The first-order valence-corrected chi connectivity index (χ1v) is 9.81. The van der Waals surface area contributed by atoms with Gasteiger partial charge in [0.05, 0.1) is 5.25 Å². The highest BCUT2D eigenvalue weighted by Gasteiger charge is 2.36. The molecule has 19 heavy (non-hydrogen) atoms. The lowest BCUT2D eigenvalue weighted by atomic mass is 9.68. The summed E-state index contributed by atoms with van der Waals surface area (Å²) in [4.78, 5) is 0. The fourth-order valence-corrected chi connectivity index (χ4v) is 5.52. The van der Waals surface area contributed by atoms with E-state index in [4.69, 9.17) is 0 Å². The third-order valence-corrected chi connectivity index (χ3v) is 6.95. The molecule has 0 amide bonds. The first kappa shape index (κ1) is 15.3. The molecule has 2 aliphatic carbocycles. The minimum Gasteiger partial charge on any atom is -0.319 e. The van der Waals surface area contributed by atoms with Gasteiger partial charge in [0.1, 0.15) is 9.84 Å². The predicted molar refractivity (Wildman–Crippen MR) is 80.0 cm³/mol. The van der Waals surface area contributed by atoms with Crippen LogP contribution in [0.3, 0.4) is 0 Å². The van der Waals surface area contributed by atoms with Crippen LogP contribution in [-0.4, -0.2) is 33.5 Å². The van der Waals surface area contributed by atoms with Gasteiger partial charge in [-0.1, -0.05) is 25.7 Å². The quantitative estimate of drug-likeness (QED) is 0.864. The first-order valence-electron chi connectivity index (χ1n) is 7.86. The standard InChI is InChI=1S/C15H29NO2S/c1-16-11-13-6-3-4-9-15(13)12-7-5-8-14(10-12)19(2,17)18/h12-16H,3-11H2,1-2H3. The van der Waals surface area contributed by atoms with E-state index in [0.717, 1.165) is 37.6 Å². The molecule has 2 rings (SSSR count). The zero-order valence-electron chi connectivity index (χ0n) is 12.4. The number of hydrogen-bond donors (Lipinski definition) is 1. The van der Waals surface area contributed by atoms with Crippen LogP contribution in [-0.2, 0) is 9.84 Å². The third-order valence-electron chi connectivity index (χ3n) is 5.31. The molecule has 0 aromatic heterocycles. The maximum Gasteiger partial charge on any atom is 0.150 e. The highest BCUT2D eigenvalue weighted by Crippen LogP contribution is 2.42. The molecule has 4 atom stereocenters. The SMILES string of the molecule is CNCC1CCCCC1C1CCCC(S(C)(=O)=O)C1. The molecule has 112 valence electrons. The zero-order chi connectivity index (χ0) is 13.9. The molecule has 0 heterocycles. The molecule has 1 N–H and O–H groups in total. The molecule has 0 radical (unpaired) electrons. The van der Waals surface area contributed by atoms with Crippen molar-refractivity contribution in [2.75, 3.05) is 19.8 Å². The summed E-state index contributed by atoms with van der Waals surface area (Å²) in [5, 5.41) is 3.26. The van der Waals surface area contributed by atoms with Crippen LogP contribution in [0.1, 0.15) is 51.4 Å². The van der Waals surface area contributed by atoms with Crippen molar-refractivity contribution in [1.29, 1.82) is 0 Å². The van der Waals surface area contributed by atoms with Gasteiger partial charge < -0.3 is 5.32 Å². The van der Waals surface area contributed by atoms with E-state index in [0.29, 0.717) is 5.92 Å². The largest absolute Gasteiger partial charge is 0.319 e.